The van der Waals surface area contributed by atoms with Crippen LogP contribution < -0.4 is 0 Å². The van der Waals surface area contributed by atoms with Crippen molar-refractivity contribution in [2.75, 3.05) is 46.8 Å². The Labute approximate surface area is 316 Å². The quantitative estimate of drug-likeness (QED) is 0.0457. The lowest BCUT2D eigenvalue weighted by atomic mass is 10.0. The van der Waals surface area contributed by atoms with Crippen LogP contribution in [0.1, 0.15) is 219 Å². The molecule has 0 aromatic carbocycles. The second kappa shape index (κ2) is 43.2. The lowest BCUT2D eigenvalue weighted by molar-refractivity contribution is -0.163. The summed E-state index contributed by atoms with van der Waals surface area (Å²) in [6, 6.07) is 0. The molecule has 7 nitrogen and oxygen atoms in total. The number of methoxy groups -OCH3 is 1. The fourth-order valence-electron chi connectivity index (χ4n) is 6.48. The van der Waals surface area contributed by atoms with Gasteiger partial charge in [-0.25, -0.2) is 0 Å². The van der Waals surface area contributed by atoms with Crippen molar-refractivity contribution >= 4 is 11.9 Å². The summed E-state index contributed by atoms with van der Waals surface area (Å²) in [6.07, 6.45) is 39.0. The molecule has 0 aliphatic rings. The van der Waals surface area contributed by atoms with E-state index in [-0.39, 0.29) is 25.2 Å². The monoisotopic (exact) mass is 727 g/mol. The fraction of sp³-hybridized carbons (Fsp3) is 0.955. The second-order valence-corrected chi connectivity index (χ2v) is 14.9. The number of carbonyl (C=O) groups excluding carboxylic acids is 2. The maximum Gasteiger partial charge on any atom is 0.306 e. The second-order valence-electron chi connectivity index (χ2n) is 14.9. The molecule has 0 rings (SSSR count). The highest BCUT2D eigenvalue weighted by molar-refractivity contribution is 5.70. The average molecular weight is 727 g/mol. The van der Waals surface area contributed by atoms with E-state index in [1.807, 2.05) is 0 Å². The molecule has 0 aromatic heterocycles. The molecule has 0 radical (unpaired) electrons. The molecule has 0 aliphatic carbocycles. The van der Waals surface area contributed by atoms with E-state index in [9.17, 15) is 9.59 Å². The highest BCUT2D eigenvalue weighted by Crippen LogP contribution is 2.16. The number of esters is 2. The number of unbranched alkanes of at least 4 members (excludes halogenated alkanes) is 28. The Morgan fingerprint density at radius 1 is 0.392 bits per heavy atom. The van der Waals surface area contributed by atoms with E-state index >= 15 is 0 Å². The molecule has 0 fully saturated rings. The van der Waals surface area contributed by atoms with E-state index in [1.54, 1.807) is 7.11 Å². The average Bonchev–Trinajstić information content (AvgIpc) is 3.13. The molecule has 0 saturated carbocycles. The smallest absolute Gasteiger partial charge is 0.306 e. The van der Waals surface area contributed by atoms with Crippen LogP contribution in [-0.4, -0.2) is 64.8 Å². The molecule has 0 saturated heterocycles. The van der Waals surface area contributed by atoms with Crippen LogP contribution in [0.5, 0.6) is 0 Å². The third kappa shape index (κ3) is 41.4. The maximum atomic E-state index is 12.6. The SMILES string of the molecule is CCCCCCCCCCCCCCCCCC(=O)OCC(COCCOCCOC)OC(=O)CCCCCCCCCCCCCCCCC. The minimum Gasteiger partial charge on any atom is -0.462 e. The summed E-state index contributed by atoms with van der Waals surface area (Å²) in [5.41, 5.74) is 0. The number of ether oxygens (including phenoxy) is 5. The van der Waals surface area contributed by atoms with Gasteiger partial charge in [-0.2, -0.15) is 0 Å². The third-order valence-corrected chi connectivity index (χ3v) is 9.80. The molecule has 0 amide bonds. The van der Waals surface area contributed by atoms with Gasteiger partial charge in [-0.15, -0.1) is 0 Å². The van der Waals surface area contributed by atoms with Crippen molar-refractivity contribution in [2.45, 2.75) is 225 Å². The van der Waals surface area contributed by atoms with Crippen molar-refractivity contribution in [3.63, 3.8) is 0 Å². The van der Waals surface area contributed by atoms with Crippen LogP contribution in [0.2, 0.25) is 0 Å². The molecule has 51 heavy (non-hydrogen) atoms. The largest absolute Gasteiger partial charge is 0.462 e. The Morgan fingerprint density at radius 2 is 0.725 bits per heavy atom. The lowest BCUT2D eigenvalue weighted by Gasteiger charge is -2.18. The third-order valence-electron chi connectivity index (χ3n) is 9.80. The predicted molar refractivity (Wildman–Crippen MR) is 213 cm³/mol. The fourth-order valence-corrected chi connectivity index (χ4v) is 6.48. The van der Waals surface area contributed by atoms with Gasteiger partial charge in [0.2, 0.25) is 0 Å². The summed E-state index contributed by atoms with van der Waals surface area (Å²) in [6.45, 7) is 6.62. The number of rotatable bonds is 43. The minimum absolute atomic E-state index is 0.0344. The van der Waals surface area contributed by atoms with Crippen molar-refractivity contribution in [3.05, 3.63) is 0 Å². The Morgan fingerprint density at radius 3 is 1.12 bits per heavy atom. The van der Waals surface area contributed by atoms with Gasteiger partial charge in [-0.3, -0.25) is 9.59 Å². The van der Waals surface area contributed by atoms with Crippen molar-refractivity contribution < 1.29 is 33.3 Å². The van der Waals surface area contributed by atoms with Crippen molar-refractivity contribution in [1.82, 2.24) is 0 Å². The van der Waals surface area contributed by atoms with Gasteiger partial charge in [0.1, 0.15) is 6.61 Å². The molecule has 0 aromatic rings. The van der Waals surface area contributed by atoms with Crippen LogP contribution in [0.25, 0.3) is 0 Å². The van der Waals surface area contributed by atoms with Gasteiger partial charge in [-0.05, 0) is 12.8 Å². The van der Waals surface area contributed by atoms with E-state index in [0.717, 1.165) is 32.1 Å². The molecule has 7 heteroatoms. The summed E-state index contributed by atoms with van der Waals surface area (Å²) in [5, 5.41) is 0. The van der Waals surface area contributed by atoms with Gasteiger partial charge in [0.15, 0.2) is 6.10 Å². The first kappa shape index (κ1) is 49.8. The predicted octanol–water partition coefficient (Wildman–Crippen LogP) is 12.6. The van der Waals surface area contributed by atoms with Gasteiger partial charge in [-0.1, -0.05) is 194 Å². The highest BCUT2D eigenvalue weighted by Gasteiger charge is 2.17. The zero-order valence-electron chi connectivity index (χ0n) is 34.3. The van der Waals surface area contributed by atoms with Crippen LogP contribution >= 0.6 is 0 Å². The number of hydrogen-bond donors (Lipinski definition) is 0. The molecule has 0 spiro atoms. The molecule has 1 unspecified atom stereocenters. The zero-order valence-corrected chi connectivity index (χ0v) is 34.3. The van der Waals surface area contributed by atoms with Crippen LogP contribution in [0.3, 0.4) is 0 Å². The maximum absolute atomic E-state index is 12.6. The van der Waals surface area contributed by atoms with Crippen LogP contribution in [0, 0.1) is 0 Å². The summed E-state index contributed by atoms with van der Waals surface area (Å²) >= 11 is 0. The Hall–Kier alpha value is -1.18. The summed E-state index contributed by atoms with van der Waals surface area (Å²) in [7, 11) is 1.64. The van der Waals surface area contributed by atoms with Gasteiger partial charge < -0.3 is 23.7 Å². The van der Waals surface area contributed by atoms with E-state index in [2.05, 4.69) is 13.8 Å². The first-order valence-electron chi connectivity index (χ1n) is 22.1. The number of carbonyl (C=O) groups is 2. The molecule has 0 bridgehead atoms. The molecule has 1 atom stereocenters. The normalized spacial score (nSPS) is 12.0. The van der Waals surface area contributed by atoms with Gasteiger partial charge >= 0.3 is 11.9 Å². The lowest BCUT2D eigenvalue weighted by Crippen LogP contribution is -2.30. The highest BCUT2D eigenvalue weighted by atomic mass is 16.6. The van der Waals surface area contributed by atoms with E-state index in [0.29, 0.717) is 39.3 Å². The van der Waals surface area contributed by atoms with Crippen molar-refractivity contribution in [2.24, 2.45) is 0 Å². The van der Waals surface area contributed by atoms with E-state index in [4.69, 9.17) is 23.7 Å². The molecule has 0 heterocycles. The zero-order chi connectivity index (χ0) is 37.1. The summed E-state index contributed by atoms with van der Waals surface area (Å²) in [4.78, 5) is 25.0. The molecular weight excluding hydrogens is 640 g/mol. The summed E-state index contributed by atoms with van der Waals surface area (Å²) < 4.78 is 27.3. The van der Waals surface area contributed by atoms with Crippen molar-refractivity contribution in [3.8, 4) is 0 Å². The van der Waals surface area contributed by atoms with Crippen LogP contribution in [-0.2, 0) is 33.3 Å². The molecule has 0 N–H and O–H groups in total. The van der Waals surface area contributed by atoms with E-state index in [1.165, 1.54) is 161 Å². The molecular formula is C44H86O7. The topological polar surface area (TPSA) is 80.3 Å². The minimum atomic E-state index is -0.599. The van der Waals surface area contributed by atoms with Crippen molar-refractivity contribution in [1.29, 1.82) is 0 Å². The molecule has 304 valence electrons. The first-order chi connectivity index (χ1) is 25.1. The Kier molecular flexibility index (Phi) is 42.2. The van der Waals surface area contributed by atoms with Crippen LogP contribution in [0.4, 0.5) is 0 Å². The summed E-state index contributed by atoms with van der Waals surface area (Å²) in [5.74, 6) is -0.468. The van der Waals surface area contributed by atoms with Gasteiger partial charge in [0.25, 0.3) is 0 Å². The Balaban J connectivity index is 4.00. The standard InChI is InChI=1S/C44H86O7/c1-4-6-8-10-12-14-16-18-20-22-24-26-28-30-32-34-43(45)50-41-42(40-49-39-38-48-37-36-47-3)51-44(46)35-33-31-29-27-25-23-21-19-17-15-13-11-9-7-5-2/h42H,4-41H2,1-3H3. The van der Waals surface area contributed by atoms with Crippen LogP contribution in [0.15, 0.2) is 0 Å². The number of hydrogen-bond acceptors (Lipinski definition) is 7. The Bertz CT molecular complexity index is 701. The van der Waals surface area contributed by atoms with Gasteiger partial charge in [0.05, 0.1) is 33.0 Å². The van der Waals surface area contributed by atoms with E-state index < -0.39 is 6.10 Å². The first-order valence-corrected chi connectivity index (χ1v) is 22.1. The van der Waals surface area contributed by atoms with Gasteiger partial charge in [0, 0.05) is 20.0 Å². The molecule has 0 aliphatic heterocycles.